The quantitative estimate of drug-likeness (QED) is 0.645. The Bertz CT molecular complexity index is 274. The van der Waals surface area contributed by atoms with E-state index in [1.807, 2.05) is 0 Å². The molecule has 2 N–H and O–H groups in total. The molecule has 0 atom stereocenters. The van der Waals surface area contributed by atoms with Crippen molar-refractivity contribution in [1.29, 1.82) is 0 Å². The molecular weight excluding hydrogens is 254 g/mol. The molecule has 2 fully saturated rings. The smallest absolute Gasteiger partial charge is 0.221 e. The number of nitrogens with one attached hydrogen (secondary N) is 2. The van der Waals surface area contributed by atoms with E-state index in [9.17, 15) is 4.79 Å². The summed E-state index contributed by atoms with van der Waals surface area (Å²) in [6, 6.07) is 0. The van der Waals surface area contributed by atoms with Crippen LogP contribution in [-0.2, 0) is 9.53 Å². The molecular formula is C15H29N3O2. The molecule has 5 heteroatoms. The van der Waals surface area contributed by atoms with Gasteiger partial charge in [0, 0.05) is 26.1 Å². The van der Waals surface area contributed by atoms with Crippen LogP contribution in [0.25, 0.3) is 0 Å². The molecule has 2 aliphatic heterocycles. The second kappa shape index (κ2) is 9.32. The molecule has 2 aliphatic rings. The standard InChI is InChI=1S/C15H29N3O2/c19-15(6-12-18-10-1-2-11-18)17-7-3-13-20-14-4-8-16-9-5-14/h14,16H,1-13H2,(H,17,19). The number of carbonyl (C=O) groups excluding carboxylic acids is 1. The van der Waals surface area contributed by atoms with Gasteiger partial charge < -0.3 is 20.3 Å². The molecule has 116 valence electrons. The van der Waals surface area contributed by atoms with Crippen LogP contribution in [0.5, 0.6) is 0 Å². The normalized spacial score (nSPS) is 21.2. The molecule has 2 rings (SSSR count). The van der Waals surface area contributed by atoms with Gasteiger partial charge in [0.2, 0.25) is 5.91 Å². The summed E-state index contributed by atoms with van der Waals surface area (Å²) in [5.74, 6) is 0.179. The van der Waals surface area contributed by atoms with Crippen molar-refractivity contribution in [3.05, 3.63) is 0 Å². The summed E-state index contributed by atoms with van der Waals surface area (Å²) >= 11 is 0. The third kappa shape index (κ3) is 6.20. The summed E-state index contributed by atoms with van der Waals surface area (Å²) in [4.78, 5) is 14.1. The lowest BCUT2D eigenvalue weighted by atomic mass is 10.1. The zero-order chi connectivity index (χ0) is 14.0. The lowest BCUT2D eigenvalue weighted by Crippen LogP contribution is -2.33. The number of likely N-dealkylation sites (tertiary alicyclic amines) is 1. The van der Waals surface area contributed by atoms with Crippen molar-refractivity contribution < 1.29 is 9.53 Å². The Balaban J connectivity index is 1.40. The molecule has 0 saturated carbocycles. The van der Waals surface area contributed by atoms with Gasteiger partial charge in [-0.2, -0.15) is 0 Å². The van der Waals surface area contributed by atoms with Crippen LogP contribution < -0.4 is 10.6 Å². The topological polar surface area (TPSA) is 53.6 Å². The molecule has 0 aromatic carbocycles. The van der Waals surface area contributed by atoms with E-state index in [0.717, 1.165) is 65.1 Å². The lowest BCUT2D eigenvalue weighted by Gasteiger charge is -2.22. The number of amides is 1. The number of ether oxygens (including phenoxy) is 1. The van der Waals surface area contributed by atoms with Gasteiger partial charge in [-0.25, -0.2) is 0 Å². The van der Waals surface area contributed by atoms with Crippen LogP contribution in [0.1, 0.15) is 38.5 Å². The predicted molar refractivity (Wildman–Crippen MR) is 79.8 cm³/mol. The van der Waals surface area contributed by atoms with Gasteiger partial charge in [-0.3, -0.25) is 4.79 Å². The van der Waals surface area contributed by atoms with Gasteiger partial charge in [0.25, 0.3) is 0 Å². The monoisotopic (exact) mass is 283 g/mol. The van der Waals surface area contributed by atoms with Crippen molar-refractivity contribution in [2.24, 2.45) is 0 Å². The second-order valence-electron chi connectivity index (χ2n) is 5.82. The Hall–Kier alpha value is -0.650. The first kappa shape index (κ1) is 15.7. The van der Waals surface area contributed by atoms with Crippen molar-refractivity contribution >= 4 is 5.91 Å². The SMILES string of the molecule is O=C(CCN1CCCC1)NCCCOC1CCNCC1. The average molecular weight is 283 g/mol. The highest BCUT2D eigenvalue weighted by Gasteiger charge is 2.13. The number of nitrogens with zero attached hydrogens (tertiary/aromatic N) is 1. The summed E-state index contributed by atoms with van der Waals surface area (Å²) in [5, 5.41) is 6.31. The molecule has 0 unspecified atom stereocenters. The molecule has 20 heavy (non-hydrogen) atoms. The van der Waals surface area contributed by atoms with Gasteiger partial charge in [0.05, 0.1) is 6.10 Å². The first-order valence-corrected chi connectivity index (χ1v) is 8.16. The Labute approximate surface area is 122 Å². The lowest BCUT2D eigenvalue weighted by molar-refractivity contribution is -0.121. The van der Waals surface area contributed by atoms with Gasteiger partial charge in [-0.05, 0) is 58.3 Å². The minimum Gasteiger partial charge on any atom is -0.378 e. The van der Waals surface area contributed by atoms with Crippen LogP contribution in [0, 0.1) is 0 Å². The Morgan fingerprint density at radius 2 is 2.00 bits per heavy atom. The molecule has 0 aliphatic carbocycles. The van der Waals surface area contributed by atoms with E-state index in [1.165, 1.54) is 12.8 Å². The minimum absolute atomic E-state index is 0.179. The molecule has 1 amide bonds. The maximum atomic E-state index is 11.7. The number of piperidine rings is 1. The Kier molecular flexibility index (Phi) is 7.33. The molecule has 0 aromatic rings. The maximum Gasteiger partial charge on any atom is 0.221 e. The summed E-state index contributed by atoms with van der Waals surface area (Å²) in [6.07, 6.45) is 6.77. The Morgan fingerprint density at radius 3 is 2.75 bits per heavy atom. The van der Waals surface area contributed by atoms with E-state index >= 15 is 0 Å². The van der Waals surface area contributed by atoms with Gasteiger partial charge in [0.15, 0.2) is 0 Å². The largest absolute Gasteiger partial charge is 0.378 e. The third-order valence-corrected chi connectivity index (χ3v) is 4.14. The molecule has 0 aromatic heterocycles. The highest BCUT2D eigenvalue weighted by atomic mass is 16.5. The number of rotatable bonds is 8. The average Bonchev–Trinajstić information content (AvgIpc) is 2.99. The van der Waals surface area contributed by atoms with Gasteiger partial charge >= 0.3 is 0 Å². The zero-order valence-electron chi connectivity index (χ0n) is 12.5. The second-order valence-corrected chi connectivity index (χ2v) is 5.82. The maximum absolute atomic E-state index is 11.7. The van der Waals surface area contributed by atoms with Crippen LogP contribution in [-0.4, -0.2) is 62.8 Å². The van der Waals surface area contributed by atoms with Crippen LogP contribution in [0.15, 0.2) is 0 Å². The fraction of sp³-hybridized carbons (Fsp3) is 0.933. The predicted octanol–water partition coefficient (Wildman–Crippen LogP) is 0.747. The minimum atomic E-state index is 0.179. The third-order valence-electron chi connectivity index (χ3n) is 4.14. The molecule has 5 nitrogen and oxygen atoms in total. The molecule has 2 saturated heterocycles. The molecule has 0 radical (unpaired) electrons. The highest BCUT2D eigenvalue weighted by Crippen LogP contribution is 2.08. The van der Waals surface area contributed by atoms with Gasteiger partial charge in [-0.15, -0.1) is 0 Å². The Morgan fingerprint density at radius 1 is 1.25 bits per heavy atom. The number of carbonyl (C=O) groups is 1. The van der Waals surface area contributed by atoms with E-state index in [1.54, 1.807) is 0 Å². The zero-order valence-corrected chi connectivity index (χ0v) is 12.5. The summed E-state index contributed by atoms with van der Waals surface area (Å²) in [7, 11) is 0. The van der Waals surface area contributed by atoms with Gasteiger partial charge in [-0.1, -0.05) is 0 Å². The van der Waals surface area contributed by atoms with Crippen LogP contribution >= 0.6 is 0 Å². The van der Waals surface area contributed by atoms with E-state index in [2.05, 4.69) is 15.5 Å². The van der Waals surface area contributed by atoms with Crippen molar-refractivity contribution in [1.82, 2.24) is 15.5 Å². The summed E-state index contributed by atoms with van der Waals surface area (Å²) < 4.78 is 5.81. The summed E-state index contributed by atoms with van der Waals surface area (Å²) in [5.41, 5.74) is 0. The van der Waals surface area contributed by atoms with Crippen molar-refractivity contribution in [3.8, 4) is 0 Å². The fourth-order valence-electron chi connectivity index (χ4n) is 2.87. The molecule has 0 spiro atoms. The fourth-order valence-corrected chi connectivity index (χ4v) is 2.87. The van der Waals surface area contributed by atoms with Crippen LogP contribution in [0.3, 0.4) is 0 Å². The first-order valence-electron chi connectivity index (χ1n) is 8.16. The van der Waals surface area contributed by atoms with Crippen molar-refractivity contribution in [2.75, 3.05) is 45.9 Å². The van der Waals surface area contributed by atoms with Crippen molar-refractivity contribution in [2.45, 2.75) is 44.6 Å². The van der Waals surface area contributed by atoms with Crippen molar-refractivity contribution in [3.63, 3.8) is 0 Å². The van der Waals surface area contributed by atoms with E-state index < -0.39 is 0 Å². The van der Waals surface area contributed by atoms with E-state index in [0.29, 0.717) is 12.5 Å². The summed E-state index contributed by atoms with van der Waals surface area (Å²) in [6.45, 7) is 6.88. The number of hydrogen-bond acceptors (Lipinski definition) is 4. The van der Waals surface area contributed by atoms with E-state index in [-0.39, 0.29) is 5.91 Å². The molecule has 0 bridgehead atoms. The molecule has 2 heterocycles. The van der Waals surface area contributed by atoms with E-state index in [4.69, 9.17) is 4.74 Å². The van der Waals surface area contributed by atoms with Gasteiger partial charge in [0.1, 0.15) is 0 Å². The first-order chi connectivity index (χ1) is 9.84. The number of hydrogen-bond donors (Lipinski definition) is 2. The van der Waals surface area contributed by atoms with Crippen LogP contribution in [0.4, 0.5) is 0 Å². The highest BCUT2D eigenvalue weighted by molar-refractivity contribution is 5.75. The van der Waals surface area contributed by atoms with Crippen LogP contribution in [0.2, 0.25) is 0 Å².